The molecule has 4 nitrogen and oxygen atoms in total. The van der Waals surface area contributed by atoms with Crippen LogP contribution in [0.3, 0.4) is 0 Å². The second kappa shape index (κ2) is 6.41. The predicted octanol–water partition coefficient (Wildman–Crippen LogP) is 3.95. The van der Waals surface area contributed by atoms with Gasteiger partial charge in [-0.05, 0) is 42.6 Å². The van der Waals surface area contributed by atoms with E-state index in [1.54, 1.807) is 11.3 Å². The minimum Gasteiger partial charge on any atom is -0.325 e. The molecule has 0 unspecified atom stereocenters. The van der Waals surface area contributed by atoms with E-state index in [1.807, 2.05) is 18.4 Å². The molecule has 0 bridgehead atoms. The smallest absolute Gasteiger partial charge is 0.237 e. The number of hydrogen-bond acceptors (Lipinski definition) is 5. The number of nitrogens with one attached hydrogen (secondary N) is 1. The second-order valence-electron chi connectivity index (χ2n) is 4.57. The minimum atomic E-state index is -0.332. The molecule has 1 aromatic carbocycles. The van der Waals surface area contributed by atoms with Crippen molar-refractivity contribution in [3.63, 3.8) is 0 Å². The summed E-state index contributed by atoms with van der Waals surface area (Å²) in [5, 5.41) is 6.13. The van der Waals surface area contributed by atoms with E-state index >= 15 is 0 Å². The normalized spacial score (nSPS) is 12.3. The van der Waals surface area contributed by atoms with Crippen molar-refractivity contribution in [3.05, 3.63) is 47.9 Å². The third kappa shape index (κ3) is 3.26. The van der Waals surface area contributed by atoms with E-state index in [9.17, 15) is 9.18 Å². The summed E-state index contributed by atoms with van der Waals surface area (Å²) in [6, 6.07) is 7.64. The molecule has 112 valence electrons. The molecule has 3 rings (SSSR count). The molecule has 0 fully saturated rings. The fourth-order valence-electron chi connectivity index (χ4n) is 1.86. The van der Waals surface area contributed by atoms with Crippen molar-refractivity contribution in [1.29, 1.82) is 0 Å². The number of thioether (sulfide) groups is 1. The zero-order chi connectivity index (χ0) is 15.5. The largest absolute Gasteiger partial charge is 0.325 e. The molecular weight excluding hydrogens is 321 g/mol. The van der Waals surface area contributed by atoms with Crippen molar-refractivity contribution in [2.45, 2.75) is 17.2 Å². The Morgan fingerprint density at radius 2 is 2.05 bits per heavy atom. The molecule has 7 heteroatoms. The zero-order valence-electron chi connectivity index (χ0n) is 11.6. The Morgan fingerprint density at radius 1 is 1.27 bits per heavy atom. The van der Waals surface area contributed by atoms with Crippen LogP contribution in [0.15, 0.2) is 47.1 Å². The molecule has 2 aromatic heterocycles. The van der Waals surface area contributed by atoms with Crippen LogP contribution in [-0.2, 0) is 4.79 Å². The van der Waals surface area contributed by atoms with E-state index in [0.717, 1.165) is 15.2 Å². The average molecular weight is 333 g/mol. The first kappa shape index (κ1) is 14.9. The molecule has 1 atom stereocenters. The van der Waals surface area contributed by atoms with Gasteiger partial charge in [0, 0.05) is 11.1 Å². The quantitative estimate of drug-likeness (QED) is 0.580. The monoisotopic (exact) mass is 333 g/mol. The van der Waals surface area contributed by atoms with Gasteiger partial charge >= 0.3 is 0 Å². The highest BCUT2D eigenvalue weighted by Gasteiger charge is 2.17. The lowest BCUT2D eigenvalue weighted by molar-refractivity contribution is -0.115. The number of aromatic nitrogens is 2. The van der Waals surface area contributed by atoms with E-state index in [2.05, 4.69) is 15.3 Å². The first-order valence-corrected chi connectivity index (χ1v) is 8.31. The number of carbonyl (C=O) groups is 1. The highest BCUT2D eigenvalue weighted by molar-refractivity contribution is 8.00. The van der Waals surface area contributed by atoms with Crippen LogP contribution in [0.4, 0.5) is 10.1 Å². The van der Waals surface area contributed by atoms with Gasteiger partial charge in [-0.2, -0.15) is 0 Å². The van der Waals surface area contributed by atoms with Gasteiger partial charge in [-0.3, -0.25) is 4.79 Å². The van der Waals surface area contributed by atoms with Crippen LogP contribution in [-0.4, -0.2) is 21.1 Å². The lowest BCUT2D eigenvalue weighted by Gasteiger charge is -2.11. The molecule has 0 saturated heterocycles. The molecule has 1 amide bonds. The lowest BCUT2D eigenvalue weighted by atomic mass is 10.3. The first-order chi connectivity index (χ1) is 10.6. The molecule has 3 aromatic rings. The predicted molar refractivity (Wildman–Crippen MR) is 87.8 cm³/mol. The molecule has 0 aliphatic rings. The van der Waals surface area contributed by atoms with Crippen LogP contribution in [0.25, 0.3) is 10.2 Å². The van der Waals surface area contributed by atoms with Gasteiger partial charge in [0.15, 0.2) is 0 Å². The molecule has 0 spiro atoms. The maximum atomic E-state index is 12.9. The number of anilines is 1. The van der Waals surface area contributed by atoms with E-state index in [-0.39, 0.29) is 17.0 Å². The standard InChI is InChI=1S/C15H12FN3OS2/c1-9(13(20)19-11-4-2-10(16)3-5-11)22-15-12-6-7-21-14(12)17-8-18-15/h2-9H,1H3,(H,19,20)/t9-/m0/s1. The van der Waals surface area contributed by atoms with Gasteiger partial charge in [-0.15, -0.1) is 11.3 Å². The summed E-state index contributed by atoms with van der Waals surface area (Å²) in [5.41, 5.74) is 0.571. The fraction of sp³-hybridized carbons (Fsp3) is 0.133. The molecule has 0 aliphatic carbocycles. The van der Waals surface area contributed by atoms with Crippen molar-refractivity contribution in [2.75, 3.05) is 5.32 Å². The number of carbonyl (C=O) groups excluding carboxylic acids is 1. The summed E-state index contributed by atoms with van der Waals surface area (Å²) in [7, 11) is 0. The Bertz CT molecular complexity index is 804. The van der Waals surface area contributed by atoms with Gasteiger partial charge in [0.2, 0.25) is 5.91 Å². The SMILES string of the molecule is C[C@H](Sc1ncnc2sccc12)C(=O)Nc1ccc(F)cc1. The topological polar surface area (TPSA) is 54.9 Å². The summed E-state index contributed by atoms with van der Waals surface area (Å²) in [6.07, 6.45) is 1.51. The molecule has 0 radical (unpaired) electrons. The van der Waals surface area contributed by atoms with Crippen LogP contribution < -0.4 is 5.32 Å². The number of halogens is 1. The number of hydrogen-bond donors (Lipinski definition) is 1. The summed E-state index contributed by atoms with van der Waals surface area (Å²) >= 11 is 2.92. The lowest BCUT2D eigenvalue weighted by Crippen LogP contribution is -2.22. The highest BCUT2D eigenvalue weighted by Crippen LogP contribution is 2.30. The Morgan fingerprint density at radius 3 is 2.82 bits per heavy atom. The van der Waals surface area contributed by atoms with Crippen molar-refractivity contribution >= 4 is 44.9 Å². The number of rotatable bonds is 4. The third-order valence-electron chi connectivity index (χ3n) is 2.99. The molecule has 22 heavy (non-hydrogen) atoms. The van der Waals surface area contributed by atoms with Crippen molar-refractivity contribution in [3.8, 4) is 0 Å². The van der Waals surface area contributed by atoms with Crippen molar-refractivity contribution in [2.24, 2.45) is 0 Å². The molecule has 2 heterocycles. The maximum absolute atomic E-state index is 12.9. The minimum absolute atomic E-state index is 0.154. The Hall–Kier alpha value is -1.99. The Kier molecular flexibility index (Phi) is 4.35. The van der Waals surface area contributed by atoms with Gasteiger partial charge in [-0.25, -0.2) is 14.4 Å². The van der Waals surface area contributed by atoms with Crippen LogP contribution in [0.2, 0.25) is 0 Å². The average Bonchev–Trinajstić information content (AvgIpc) is 2.99. The summed E-state index contributed by atoms with van der Waals surface area (Å²) < 4.78 is 12.9. The number of thiophene rings is 1. The maximum Gasteiger partial charge on any atom is 0.237 e. The highest BCUT2D eigenvalue weighted by atomic mass is 32.2. The summed E-state index contributed by atoms with van der Waals surface area (Å²) in [4.78, 5) is 21.6. The Labute approximate surface area is 134 Å². The number of amides is 1. The van der Waals surface area contributed by atoms with Gasteiger partial charge in [0.05, 0.1) is 5.25 Å². The van der Waals surface area contributed by atoms with Crippen LogP contribution in [0.5, 0.6) is 0 Å². The second-order valence-corrected chi connectivity index (χ2v) is 6.80. The molecule has 0 aliphatic heterocycles. The van der Waals surface area contributed by atoms with Gasteiger partial charge in [0.25, 0.3) is 0 Å². The first-order valence-electron chi connectivity index (χ1n) is 6.55. The number of benzene rings is 1. The third-order valence-corrected chi connectivity index (χ3v) is 4.93. The fourth-order valence-corrected chi connectivity index (χ4v) is 3.56. The van der Waals surface area contributed by atoms with Gasteiger partial charge in [-0.1, -0.05) is 11.8 Å². The van der Waals surface area contributed by atoms with E-state index in [1.165, 1.54) is 42.4 Å². The molecular formula is C15H12FN3OS2. The number of nitrogens with zero attached hydrogens (tertiary/aromatic N) is 2. The van der Waals surface area contributed by atoms with E-state index in [0.29, 0.717) is 5.69 Å². The van der Waals surface area contributed by atoms with Crippen LogP contribution in [0, 0.1) is 5.82 Å². The van der Waals surface area contributed by atoms with Crippen molar-refractivity contribution in [1.82, 2.24) is 9.97 Å². The van der Waals surface area contributed by atoms with Crippen LogP contribution in [0.1, 0.15) is 6.92 Å². The zero-order valence-corrected chi connectivity index (χ0v) is 13.2. The summed E-state index contributed by atoms with van der Waals surface area (Å²) in [6.45, 7) is 1.81. The van der Waals surface area contributed by atoms with E-state index in [4.69, 9.17) is 0 Å². The van der Waals surface area contributed by atoms with Gasteiger partial charge < -0.3 is 5.32 Å². The van der Waals surface area contributed by atoms with E-state index < -0.39 is 0 Å². The van der Waals surface area contributed by atoms with Gasteiger partial charge in [0.1, 0.15) is 22.0 Å². The molecule has 1 N–H and O–H groups in total. The van der Waals surface area contributed by atoms with Crippen LogP contribution >= 0.6 is 23.1 Å². The van der Waals surface area contributed by atoms with Crippen molar-refractivity contribution < 1.29 is 9.18 Å². The Balaban J connectivity index is 1.71. The number of fused-ring (bicyclic) bond motifs is 1. The summed E-state index contributed by atoms with van der Waals surface area (Å²) in [5.74, 6) is -0.486. The molecule has 0 saturated carbocycles.